The summed E-state index contributed by atoms with van der Waals surface area (Å²) in [6.45, 7) is 5.80. The van der Waals surface area contributed by atoms with E-state index in [1.807, 2.05) is 30.3 Å². The van der Waals surface area contributed by atoms with E-state index in [1.165, 1.54) is 0 Å². The van der Waals surface area contributed by atoms with Gasteiger partial charge in [-0.05, 0) is 26.3 Å². The molecule has 0 aliphatic carbocycles. The Morgan fingerprint density at radius 3 is 2.20 bits per heavy atom. The van der Waals surface area contributed by atoms with Crippen molar-refractivity contribution in [2.75, 3.05) is 13.2 Å². The van der Waals surface area contributed by atoms with Gasteiger partial charge < -0.3 is 18.9 Å². The van der Waals surface area contributed by atoms with Gasteiger partial charge in [0.15, 0.2) is 5.85 Å². The number of aliphatic hydroxyl groups is 1. The van der Waals surface area contributed by atoms with E-state index in [4.69, 9.17) is 13.8 Å². The lowest BCUT2D eigenvalue weighted by Gasteiger charge is -2.26. The molecule has 0 amide bonds. The van der Waals surface area contributed by atoms with Crippen LogP contribution in [0.2, 0.25) is 0 Å². The number of rotatable bonds is 9. The zero-order valence-corrected chi connectivity index (χ0v) is 13.1. The lowest BCUT2D eigenvalue weighted by atomic mass is 10.2. The first-order chi connectivity index (χ1) is 9.53. The normalized spacial score (nSPS) is 15.0. The fourth-order valence-electron chi connectivity index (χ4n) is 1.69. The zero-order valence-electron chi connectivity index (χ0n) is 12.2. The summed E-state index contributed by atoms with van der Waals surface area (Å²) in [6, 6.07) is 9.57. The van der Waals surface area contributed by atoms with E-state index in [2.05, 4.69) is 0 Å². The van der Waals surface area contributed by atoms with Gasteiger partial charge in [0.25, 0.3) is 0 Å². The minimum Gasteiger partial charge on any atom is -0.378 e. The van der Waals surface area contributed by atoms with Crippen LogP contribution in [0.1, 0.15) is 26.3 Å². The maximum atomic E-state index is 12.4. The van der Waals surface area contributed by atoms with Gasteiger partial charge in [0.05, 0.1) is 25.9 Å². The molecule has 0 fully saturated rings. The molecule has 0 aromatic heterocycles. The first kappa shape index (κ1) is 17.3. The summed E-state index contributed by atoms with van der Waals surface area (Å²) in [5.74, 6) is -1.30. The first-order valence-corrected chi connectivity index (χ1v) is 8.37. The predicted molar refractivity (Wildman–Crippen MR) is 77.6 cm³/mol. The second-order valence-electron chi connectivity index (χ2n) is 4.29. The molecule has 20 heavy (non-hydrogen) atoms. The van der Waals surface area contributed by atoms with Crippen molar-refractivity contribution >= 4 is 7.60 Å². The van der Waals surface area contributed by atoms with Crippen molar-refractivity contribution in [1.29, 1.82) is 0 Å². The maximum absolute atomic E-state index is 12.4. The lowest BCUT2D eigenvalue weighted by molar-refractivity contribution is -0.0160. The van der Waals surface area contributed by atoms with Crippen LogP contribution in [-0.4, -0.2) is 30.3 Å². The second-order valence-corrected chi connectivity index (χ2v) is 6.42. The molecular formula is C14H23O5P. The molecule has 0 saturated heterocycles. The van der Waals surface area contributed by atoms with Gasteiger partial charge in [-0.1, -0.05) is 30.3 Å². The summed E-state index contributed by atoms with van der Waals surface area (Å²) >= 11 is 0. The van der Waals surface area contributed by atoms with Gasteiger partial charge in [0.1, 0.15) is 0 Å². The van der Waals surface area contributed by atoms with Crippen molar-refractivity contribution in [3.05, 3.63) is 35.9 Å². The van der Waals surface area contributed by atoms with E-state index < -0.39 is 19.5 Å². The Hall–Kier alpha value is -0.710. The highest BCUT2D eigenvalue weighted by Gasteiger charge is 2.38. The highest BCUT2D eigenvalue weighted by atomic mass is 31.2. The Bertz CT molecular complexity index is 413. The SMILES string of the molecule is CCOP(=O)(OCC)[C@@H](O)[C@H](C)OCc1ccccc1. The molecule has 0 heterocycles. The van der Waals surface area contributed by atoms with Crippen molar-refractivity contribution in [3.63, 3.8) is 0 Å². The van der Waals surface area contributed by atoms with Gasteiger partial charge in [-0.15, -0.1) is 0 Å². The lowest BCUT2D eigenvalue weighted by Crippen LogP contribution is -2.28. The summed E-state index contributed by atoms with van der Waals surface area (Å²) in [6.07, 6.45) is -0.654. The van der Waals surface area contributed by atoms with Gasteiger partial charge in [0, 0.05) is 0 Å². The molecule has 1 aromatic rings. The fourth-order valence-corrected chi connectivity index (χ4v) is 3.40. The molecule has 6 heteroatoms. The molecule has 0 aliphatic rings. The van der Waals surface area contributed by atoms with Gasteiger partial charge in [-0.3, -0.25) is 4.57 Å². The van der Waals surface area contributed by atoms with E-state index in [1.54, 1.807) is 20.8 Å². The third-order valence-electron chi connectivity index (χ3n) is 2.72. The smallest absolute Gasteiger partial charge is 0.361 e. The van der Waals surface area contributed by atoms with Gasteiger partial charge in [-0.25, -0.2) is 0 Å². The minimum atomic E-state index is -3.56. The summed E-state index contributed by atoms with van der Waals surface area (Å²) in [5, 5.41) is 10.1. The Morgan fingerprint density at radius 2 is 1.70 bits per heavy atom. The Balaban J connectivity index is 2.60. The van der Waals surface area contributed by atoms with Crippen LogP contribution < -0.4 is 0 Å². The Labute approximate surface area is 120 Å². The number of hydrogen-bond acceptors (Lipinski definition) is 5. The van der Waals surface area contributed by atoms with Crippen LogP contribution >= 0.6 is 7.60 Å². The van der Waals surface area contributed by atoms with E-state index in [0.29, 0.717) is 6.61 Å². The molecular weight excluding hydrogens is 279 g/mol. The highest BCUT2D eigenvalue weighted by Crippen LogP contribution is 2.53. The Morgan fingerprint density at radius 1 is 1.15 bits per heavy atom. The largest absolute Gasteiger partial charge is 0.378 e. The van der Waals surface area contributed by atoms with Crippen LogP contribution in [0.4, 0.5) is 0 Å². The number of benzene rings is 1. The highest BCUT2D eigenvalue weighted by molar-refractivity contribution is 7.54. The van der Waals surface area contributed by atoms with Crippen molar-refractivity contribution in [2.24, 2.45) is 0 Å². The van der Waals surface area contributed by atoms with Crippen molar-refractivity contribution in [2.45, 2.75) is 39.3 Å². The third kappa shape index (κ3) is 5.00. The summed E-state index contributed by atoms with van der Waals surface area (Å²) in [7, 11) is -3.56. The van der Waals surface area contributed by atoms with Crippen LogP contribution in [0.3, 0.4) is 0 Å². The van der Waals surface area contributed by atoms with Gasteiger partial charge in [0.2, 0.25) is 0 Å². The number of aliphatic hydroxyl groups excluding tert-OH is 1. The molecule has 0 saturated carbocycles. The van der Waals surface area contributed by atoms with Gasteiger partial charge in [-0.2, -0.15) is 0 Å². The molecule has 0 spiro atoms. The molecule has 0 bridgehead atoms. The van der Waals surface area contributed by atoms with E-state index >= 15 is 0 Å². The second kappa shape index (κ2) is 8.55. The molecule has 0 radical (unpaired) electrons. The monoisotopic (exact) mass is 302 g/mol. The molecule has 0 unspecified atom stereocenters. The summed E-state index contributed by atoms with van der Waals surface area (Å²) < 4.78 is 28.2. The van der Waals surface area contributed by atoms with E-state index in [9.17, 15) is 9.67 Å². The summed E-state index contributed by atoms with van der Waals surface area (Å²) in [5.41, 5.74) is 0.981. The number of ether oxygens (including phenoxy) is 1. The molecule has 1 rings (SSSR count). The maximum Gasteiger partial charge on any atom is 0.361 e. The minimum absolute atomic E-state index is 0.208. The van der Waals surface area contributed by atoms with Gasteiger partial charge >= 0.3 is 7.60 Å². The van der Waals surface area contributed by atoms with Crippen molar-refractivity contribution in [3.8, 4) is 0 Å². The van der Waals surface area contributed by atoms with E-state index in [-0.39, 0.29) is 13.2 Å². The molecule has 1 aromatic carbocycles. The zero-order chi connectivity index (χ0) is 15.0. The van der Waals surface area contributed by atoms with Crippen LogP contribution in [0.15, 0.2) is 30.3 Å². The third-order valence-corrected chi connectivity index (χ3v) is 5.02. The standard InChI is InChI=1S/C14H23O5P/c1-4-18-20(16,19-5-2)14(15)12(3)17-11-13-9-7-6-8-10-13/h6-10,12,14-15H,4-5,11H2,1-3H3/t12-,14+/m0/s1. The molecule has 2 atom stereocenters. The summed E-state index contributed by atoms with van der Waals surface area (Å²) in [4.78, 5) is 0. The average molecular weight is 302 g/mol. The van der Waals surface area contributed by atoms with Crippen LogP contribution in [0.25, 0.3) is 0 Å². The fraction of sp³-hybridized carbons (Fsp3) is 0.571. The first-order valence-electron chi connectivity index (χ1n) is 6.75. The molecule has 0 aliphatic heterocycles. The topological polar surface area (TPSA) is 65.0 Å². The molecule has 1 N–H and O–H groups in total. The molecule has 5 nitrogen and oxygen atoms in total. The van der Waals surface area contributed by atoms with Crippen molar-refractivity contribution in [1.82, 2.24) is 0 Å². The van der Waals surface area contributed by atoms with E-state index in [0.717, 1.165) is 5.56 Å². The number of hydrogen-bond donors (Lipinski definition) is 1. The van der Waals surface area contributed by atoms with Crippen LogP contribution in [0, 0.1) is 0 Å². The average Bonchev–Trinajstić information content (AvgIpc) is 2.45. The molecule has 114 valence electrons. The van der Waals surface area contributed by atoms with Crippen molar-refractivity contribution < 1.29 is 23.5 Å². The van der Waals surface area contributed by atoms with Crippen LogP contribution in [-0.2, 0) is 25.0 Å². The Kier molecular flexibility index (Phi) is 7.41. The quantitative estimate of drug-likeness (QED) is 0.710. The van der Waals surface area contributed by atoms with Crippen LogP contribution in [0.5, 0.6) is 0 Å². The predicted octanol–water partition coefficient (Wildman–Crippen LogP) is 3.18.